The van der Waals surface area contributed by atoms with Crippen molar-refractivity contribution < 1.29 is 0 Å². The Kier molecular flexibility index (Phi) is 4.65. The summed E-state index contributed by atoms with van der Waals surface area (Å²) in [6.45, 7) is 1.03. The first-order chi connectivity index (χ1) is 8.84. The molecule has 0 saturated heterocycles. The van der Waals surface area contributed by atoms with Crippen LogP contribution >= 0.6 is 0 Å². The number of nitrogens with two attached hydrogens (primary N) is 1. The molecule has 0 spiro atoms. The Hall–Kier alpha value is -1.96. The van der Waals surface area contributed by atoms with Gasteiger partial charge in [-0.2, -0.15) is 0 Å². The highest BCUT2D eigenvalue weighted by Crippen LogP contribution is 2.09. The van der Waals surface area contributed by atoms with Gasteiger partial charge in [-0.05, 0) is 49.1 Å². The number of nitrogen functional groups attached to an aromatic ring is 1. The third-order valence-corrected chi connectivity index (χ3v) is 2.97. The van der Waals surface area contributed by atoms with Gasteiger partial charge in [0.1, 0.15) is 0 Å². The lowest BCUT2D eigenvalue weighted by molar-refractivity contribution is 0.763. The molecular formula is C16H20N2. The summed E-state index contributed by atoms with van der Waals surface area (Å²) in [5, 5.41) is 3.42. The molecule has 2 rings (SSSR count). The van der Waals surface area contributed by atoms with Crippen LogP contribution in [0.25, 0.3) is 0 Å². The summed E-state index contributed by atoms with van der Waals surface area (Å²) in [6, 6.07) is 18.5. The molecule has 0 fully saturated rings. The summed E-state index contributed by atoms with van der Waals surface area (Å²) < 4.78 is 0. The zero-order valence-corrected chi connectivity index (χ0v) is 10.6. The zero-order chi connectivity index (χ0) is 12.6. The zero-order valence-electron chi connectivity index (χ0n) is 10.6. The molecule has 3 N–H and O–H groups in total. The minimum absolute atomic E-state index is 0.837. The van der Waals surface area contributed by atoms with E-state index in [9.17, 15) is 0 Å². The van der Waals surface area contributed by atoms with E-state index >= 15 is 0 Å². The van der Waals surface area contributed by atoms with E-state index < -0.39 is 0 Å². The van der Waals surface area contributed by atoms with Crippen molar-refractivity contribution in [2.45, 2.75) is 19.3 Å². The number of para-hydroxylation sites is 1. The van der Waals surface area contributed by atoms with Gasteiger partial charge < -0.3 is 11.1 Å². The van der Waals surface area contributed by atoms with E-state index in [1.807, 2.05) is 18.2 Å². The number of anilines is 2. The standard InChI is InChI=1S/C16H20N2/c17-15-11-9-14(10-12-15)6-4-5-13-18-16-7-2-1-3-8-16/h1-3,7-12,18H,4-6,13,17H2. The molecule has 0 heterocycles. The molecule has 18 heavy (non-hydrogen) atoms. The summed E-state index contributed by atoms with van der Waals surface area (Å²) in [6.07, 6.45) is 3.50. The van der Waals surface area contributed by atoms with Crippen molar-refractivity contribution in [1.82, 2.24) is 0 Å². The van der Waals surface area contributed by atoms with Gasteiger partial charge in [-0.1, -0.05) is 30.3 Å². The molecule has 2 heteroatoms. The lowest BCUT2D eigenvalue weighted by Gasteiger charge is -2.06. The highest BCUT2D eigenvalue weighted by molar-refractivity contribution is 5.42. The van der Waals surface area contributed by atoms with Gasteiger partial charge in [-0.25, -0.2) is 0 Å². The van der Waals surface area contributed by atoms with Gasteiger partial charge in [0, 0.05) is 17.9 Å². The molecule has 2 nitrogen and oxygen atoms in total. The van der Waals surface area contributed by atoms with Crippen LogP contribution in [0.4, 0.5) is 11.4 Å². The number of benzene rings is 2. The molecule has 0 bridgehead atoms. The number of hydrogen-bond acceptors (Lipinski definition) is 2. The molecule has 0 saturated carbocycles. The maximum atomic E-state index is 5.66. The monoisotopic (exact) mass is 240 g/mol. The van der Waals surface area contributed by atoms with E-state index in [4.69, 9.17) is 5.73 Å². The Morgan fingerprint density at radius 3 is 2.28 bits per heavy atom. The quantitative estimate of drug-likeness (QED) is 0.597. The van der Waals surface area contributed by atoms with Crippen LogP contribution in [0.2, 0.25) is 0 Å². The molecule has 94 valence electrons. The van der Waals surface area contributed by atoms with Gasteiger partial charge in [-0.3, -0.25) is 0 Å². The van der Waals surface area contributed by atoms with Crippen molar-refractivity contribution in [3.05, 3.63) is 60.2 Å². The third-order valence-electron chi connectivity index (χ3n) is 2.97. The average Bonchev–Trinajstić information content (AvgIpc) is 2.42. The van der Waals surface area contributed by atoms with E-state index in [0.29, 0.717) is 0 Å². The molecule has 0 radical (unpaired) electrons. The fraction of sp³-hybridized carbons (Fsp3) is 0.250. The van der Waals surface area contributed by atoms with Gasteiger partial charge in [0.2, 0.25) is 0 Å². The van der Waals surface area contributed by atoms with Crippen LogP contribution in [0, 0.1) is 0 Å². The topological polar surface area (TPSA) is 38.0 Å². The van der Waals surface area contributed by atoms with Crippen LogP contribution in [0.5, 0.6) is 0 Å². The van der Waals surface area contributed by atoms with Crippen LogP contribution < -0.4 is 11.1 Å². The number of nitrogens with one attached hydrogen (secondary N) is 1. The molecular weight excluding hydrogens is 220 g/mol. The number of hydrogen-bond donors (Lipinski definition) is 2. The maximum absolute atomic E-state index is 5.66. The van der Waals surface area contributed by atoms with E-state index in [-0.39, 0.29) is 0 Å². The Morgan fingerprint density at radius 2 is 1.56 bits per heavy atom. The Morgan fingerprint density at radius 1 is 0.833 bits per heavy atom. The van der Waals surface area contributed by atoms with Gasteiger partial charge in [0.25, 0.3) is 0 Å². The number of rotatable bonds is 6. The van der Waals surface area contributed by atoms with Gasteiger partial charge in [0.05, 0.1) is 0 Å². The van der Waals surface area contributed by atoms with Gasteiger partial charge in [0.15, 0.2) is 0 Å². The van der Waals surface area contributed by atoms with Crippen molar-refractivity contribution >= 4 is 11.4 Å². The molecule has 0 aliphatic carbocycles. The van der Waals surface area contributed by atoms with Crippen LogP contribution in [-0.2, 0) is 6.42 Å². The maximum Gasteiger partial charge on any atom is 0.0340 e. The molecule has 0 atom stereocenters. The first-order valence-electron chi connectivity index (χ1n) is 6.48. The first kappa shape index (κ1) is 12.5. The molecule has 0 aromatic heterocycles. The van der Waals surface area contributed by atoms with Crippen LogP contribution in [0.1, 0.15) is 18.4 Å². The van der Waals surface area contributed by atoms with Crippen molar-refractivity contribution in [1.29, 1.82) is 0 Å². The average molecular weight is 240 g/mol. The summed E-state index contributed by atoms with van der Waals surface area (Å²) in [7, 11) is 0. The van der Waals surface area contributed by atoms with Crippen molar-refractivity contribution in [2.24, 2.45) is 0 Å². The molecule has 0 amide bonds. The summed E-state index contributed by atoms with van der Waals surface area (Å²) >= 11 is 0. The molecule has 2 aromatic rings. The van der Waals surface area contributed by atoms with Gasteiger partial charge in [-0.15, -0.1) is 0 Å². The first-order valence-corrected chi connectivity index (χ1v) is 6.48. The number of aryl methyl sites for hydroxylation is 1. The van der Waals surface area contributed by atoms with Crippen molar-refractivity contribution in [3.8, 4) is 0 Å². The normalized spacial score (nSPS) is 10.2. The minimum atomic E-state index is 0.837. The minimum Gasteiger partial charge on any atom is -0.399 e. The Labute approximate surface area is 109 Å². The molecule has 2 aromatic carbocycles. The lowest BCUT2D eigenvalue weighted by Crippen LogP contribution is -2.01. The Bertz CT molecular complexity index is 448. The van der Waals surface area contributed by atoms with Crippen molar-refractivity contribution in [3.63, 3.8) is 0 Å². The highest BCUT2D eigenvalue weighted by Gasteiger charge is 1.94. The number of unbranched alkanes of at least 4 members (excludes halogenated alkanes) is 1. The van der Waals surface area contributed by atoms with E-state index in [0.717, 1.165) is 18.7 Å². The van der Waals surface area contributed by atoms with Crippen LogP contribution in [0.3, 0.4) is 0 Å². The van der Waals surface area contributed by atoms with E-state index in [1.165, 1.54) is 24.1 Å². The molecule has 0 unspecified atom stereocenters. The van der Waals surface area contributed by atoms with Crippen LogP contribution in [-0.4, -0.2) is 6.54 Å². The largest absolute Gasteiger partial charge is 0.399 e. The van der Waals surface area contributed by atoms with E-state index in [2.05, 4.69) is 41.7 Å². The second kappa shape index (κ2) is 6.70. The predicted octanol–water partition coefficient (Wildman–Crippen LogP) is 3.70. The fourth-order valence-corrected chi connectivity index (χ4v) is 1.93. The van der Waals surface area contributed by atoms with Crippen molar-refractivity contribution in [2.75, 3.05) is 17.6 Å². The predicted molar refractivity (Wildman–Crippen MR) is 78.7 cm³/mol. The second-order valence-corrected chi connectivity index (χ2v) is 4.49. The Balaban J connectivity index is 1.63. The SMILES string of the molecule is Nc1ccc(CCCCNc2ccccc2)cc1. The summed E-state index contributed by atoms with van der Waals surface area (Å²) in [4.78, 5) is 0. The third kappa shape index (κ3) is 4.13. The van der Waals surface area contributed by atoms with E-state index in [1.54, 1.807) is 0 Å². The molecule has 0 aliphatic rings. The smallest absolute Gasteiger partial charge is 0.0340 e. The summed E-state index contributed by atoms with van der Waals surface area (Å²) in [5.74, 6) is 0. The van der Waals surface area contributed by atoms with Crippen LogP contribution in [0.15, 0.2) is 54.6 Å². The van der Waals surface area contributed by atoms with Gasteiger partial charge >= 0.3 is 0 Å². The summed E-state index contributed by atoms with van der Waals surface area (Å²) in [5.41, 5.74) is 9.06. The second-order valence-electron chi connectivity index (χ2n) is 4.49. The molecule has 0 aliphatic heterocycles. The highest BCUT2D eigenvalue weighted by atomic mass is 14.9. The fourth-order valence-electron chi connectivity index (χ4n) is 1.93. The lowest BCUT2D eigenvalue weighted by atomic mass is 10.1.